The average molecular weight is 284 g/mol. The van der Waals surface area contributed by atoms with Gasteiger partial charge in [-0.1, -0.05) is 18.7 Å². The van der Waals surface area contributed by atoms with Gasteiger partial charge in [-0.3, -0.25) is 9.59 Å². The van der Waals surface area contributed by atoms with Crippen molar-refractivity contribution < 1.29 is 19.1 Å². The van der Waals surface area contributed by atoms with E-state index in [9.17, 15) is 9.59 Å². The van der Waals surface area contributed by atoms with Crippen molar-refractivity contribution in [3.05, 3.63) is 18.0 Å². The molecule has 1 aromatic rings. The standard InChI is InChI=1S/C12H16N2O4S/c1-5-12(9(15)17-2,10(16)18-3)8-6-7-13-11(14-8)19-4/h6-7H,5H2,1-4H3. The van der Waals surface area contributed by atoms with Crippen LogP contribution >= 0.6 is 11.8 Å². The predicted octanol–water partition coefficient (Wildman–Crippen LogP) is 1.19. The van der Waals surface area contributed by atoms with Crippen molar-refractivity contribution in [3.8, 4) is 0 Å². The van der Waals surface area contributed by atoms with Crippen LogP contribution in [-0.4, -0.2) is 42.4 Å². The number of thioether (sulfide) groups is 1. The minimum absolute atomic E-state index is 0.192. The fraction of sp³-hybridized carbons (Fsp3) is 0.500. The zero-order chi connectivity index (χ0) is 14.5. The van der Waals surface area contributed by atoms with E-state index in [2.05, 4.69) is 9.97 Å². The maximum absolute atomic E-state index is 12.1. The Morgan fingerprint density at radius 1 is 1.32 bits per heavy atom. The van der Waals surface area contributed by atoms with Crippen molar-refractivity contribution in [1.82, 2.24) is 9.97 Å². The van der Waals surface area contributed by atoms with Crippen LogP contribution in [0.1, 0.15) is 19.0 Å². The van der Waals surface area contributed by atoms with Crippen LogP contribution in [0.25, 0.3) is 0 Å². The summed E-state index contributed by atoms with van der Waals surface area (Å²) < 4.78 is 9.50. The summed E-state index contributed by atoms with van der Waals surface area (Å²) in [6.07, 6.45) is 3.50. The molecule has 1 rings (SSSR count). The Balaban J connectivity index is 3.44. The smallest absolute Gasteiger partial charge is 0.329 e. The third kappa shape index (κ3) is 2.70. The minimum Gasteiger partial charge on any atom is -0.468 e. The van der Waals surface area contributed by atoms with E-state index in [0.29, 0.717) is 5.16 Å². The summed E-state index contributed by atoms with van der Waals surface area (Å²) in [5.74, 6) is -1.37. The van der Waals surface area contributed by atoms with Crippen LogP contribution in [0.15, 0.2) is 17.4 Å². The number of ether oxygens (including phenoxy) is 2. The lowest BCUT2D eigenvalue weighted by atomic mass is 9.81. The summed E-state index contributed by atoms with van der Waals surface area (Å²) in [7, 11) is 2.46. The molecule has 0 radical (unpaired) electrons. The van der Waals surface area contributed by atoms with Gasteiger partial charge in [0.1, 0.15) is 0 Å². The normalized spacial score (nSPS) is 10.9. The highest BCUT2D eigenvalue weighted by molar-refractivity contribution is 7.98. The predicted molar refractivity (Wildman–Crippen MR) is 69.8 cm³/mol. The molecule has 0 N–H and O–H groups in total. The summed E-state index contributed by atoms with van der Waals surface area (Å²) >= 11 is 1.32. The van der Waals surface area contributed by atoms with Gasteiger partial charge in [0.05, 0.1) is 19.9 Å². The van der Waals surface area contributed by atoms with E-state index in [4.69, 9.17) is 9.47 Å². The van der Waals surface area contributed by atoms with Crippen LogP contribution in [0.2, 0.25) is 0 Å². The highest BCUT2D eigenvalue weighted by Crippen LogP contribution is 2.30. The van der Waals surface area contributed by atoms with E-state index in [-0.39, 0.29) is 12.1 Å². The van der Waals surface area contributed by atoms with Gasteiger partial charge in [0.2, 0.25) is 5.41 Å². The van der Waals surface area contributed by atoms with Gasteiger partial charge in [-0.25, -0.2) is 9.97 Å². The van der Waals surface area contributed by atoms with Crippen LogP contribution in [-0.2, 0) is 24.5 Å². The second kappa shape index (κ2) is 6.51. The number of carbonyl (C=O) groups excluding carboxylic acids is 2. The SMILES string of the molecule is CCC(C(=O)OC)(C(=O)OC)c1ccnc(SC)n1. The number of aromatic nitrogens is 2. The van der Waals surface area contributed by atoms with Crippen molar-refractivity contribution in [2.45, 2.75) is 23.9 Å². The third-order valence-corrected chi connectivity index (χ3v) is 3.41. The molecule has 0 aromatic carbocycles. The lowest BCUT2D eigenvalue weighted by molar-refractivity contribution is -0.162. The number of hydrogen-bond donors (Lipinski definition) is 0. The molecule has 0 atom stereocenters. The zero-order valence-corrected chi connectivity index (χ0v) is 12.1. The molecule has 0 bridgehead atoms. The highest BCUT2D eigenvalue weighted by atomic mass is 32.2. The molecule has 0 aliphatic carbocycles. The molecule has 7 heteroatoms. The third-order valence-electron chi connectivity index (χ3n) is 2.85. The molecule has 1 heterocycles. The zero-order valence-electron chi connectivity index (χ0n) is 11.3. The van der Waals surface area contributed by atoms with Gasteiger partial charge < -0.3 is 9.47 Å². The Bertz CT molecular complexity index is 463. The number of hydrogen-bond acceptors (Lipinski definition) is 7. The molecular formula is C12H16N2O4S. The molecule has 0 aliphatic heterocycles. The van der Waals surface area contributed by atoms with Crippen molar-refractivity contribution in [2.75, 3.05) is 20.5 Å². The van der Waals surface area contributed by atoms with Gasteiger partial charge in [-0.2, -0.15) is 0 Å². The second-order valence-corrected chi connectivity index (χ2v) is 4.44. The Kier molecular flexibility index (Phi) is 5.29. The Hall–Kier alpha value is -1.63. The molecule has 0 amide bonds. The molecule has 0 saturated carbocycles. The first-order valence-corrected chi connectivity index (χ1v) is 6.83. The van der Waals surface area contributed by atoms with E-state index < -0.39 is 17.4 Å². The van der Waals surface area contributed by atoms with Crippen molar-refractivity contribution in [2.24, 2.45) is 0 Å². The summed E-state index contributed by atoms with van der Waals surface area (Å²) in [5.41, 5.74) is -1.26. The number of rotatable bonds is 5. The van der Waals surface area contributed by atoms with Gasteiger partial charge in [-0.15, -0.1) is 0 Å². The van der Waals surface area contributed by atoms with Crippen LogP contribution in [0, 0.1) is 0 Å². The number of nitrogens with zero attached hydrogens (tertiary/aromatic N) is 2. The van der Waals surface area contributed by atoms with Gasteiger partial charge >= 0.3 is 11.9 Å². The number of esters is 2. The molecule has 1 aromatic heterocycles. The first kappa shape index (κ1) is 15.4. The summed E-state index contributed by atoms with van der Waals surface area (Å²) in [6, 6.07) is 1.52. The largest absolute Gasteiger partial charge is 0.468 e. The Morgan fingerprint density at radius 3 is 2.32 bits per heavy atom. The molecule has 6 nitrogen and oxygen atoms in total. The quantitative estimate of drug-likeness (QED) is 0.348. The maximum atomic E-state index is 12.1. The monoisotopic (exact) mass is 284 g/mol. The molecule has 0 spiro atoms. The van der Waals surface area contributed by atoms with Crippen molar-refractivity contribution >= 4 is 23.7 Å². The fourth-order valence-electron chi connectivity index (χ4n) is 1.79. The van der Waals surface area contributed by atoms with Crippen LogP contribution in [0.3, 0.4) is 0 Å². The van der Waals surface area contributed by atoms with Gasteiger partial charge in [0.25, 0.3) is 0 Å². The van der Waals surface area contributed by atoms with E-state index in [1.54, 1.807) is 6.92 Å². The Morgan fingerprint density at radius 2 is 1.89 bits per heavy atom. The summed E-state index contributed by atoms with van der Waals surface area (Å²) in [6.45, 7) is 1.70. The second-order valence-electron chi connectivity index (χ2n) is 3.67. The Labute approximate surface area is 115 Å². The van der Waals surface area contributed by atoms with Crippen LogP contribution in [0.5, 0.6) is 0 Å². The van der Waals surface area contributed by atoms with E-state index in [1.807, 2.05) is 6.26 Å². The molecule has 19 heavy (non-hydrogen) atoms. The van der Waals surface area contributed by atoms with Crippen LogP contribution < -0.4 is 0 Å². The molecule has 0 saturated heterocycles. The van der Waals surface area contributed by atoms with Gasteiger partial charge in [0.15, 0.2) is 5.16 Å². The van der Waals surface area contributed by atoms with Crippen LogP contribution in [0.4, 0.5) is 0 Å². The first-order chi connectivity index (χ1) is 9.06. The number of methoxy groups -OCH3 is 2. The van der Waals surface area contributed by atoms with Gasteiger partial charge in [-0.05, 0) is 18.7 Å². The first-order valence-electron chi connectivity index (χ1n) is 5.61. The molecule has 104 valence electrons. The molecular weight excluding hydrogens is 268 g/mol. The van der Waals surface area contributed by atoms with E-state index in [0.717, 1.165) is 0 Å². The highest BCUT2D eigenvalue weighted by Gasteiger charge is 2.50. The molecule has 0 aliphatic rings. The van der Waals surface area contributed by atoms with Crippen molar-refractivity contribution in [1.29, 1.82) is 0 Å². The molecule has 0 unspecified atom stereocenters. The van der Waals surface area contributed by atoms with E-state index in [1.165, 1.54) is 38.2 Å². The lowest BCUT2D eigenvalue weighted by Gasteiger charge is -2.26. The molecule has 0 fully saturated rings. The van der Waals surface area contributed by atoms with E-state index >= 15 is 0 Å². The topological polar surface area (TPSA) is 78.4 Å². The minimum atomic E-state index is -1.54. The summed E-state index contributed by atoms with van der Waals surface area (Å²) in [4.78, 5) is 32.4. The fourth-order valence-corrected chi connectivity index (χ4v) is 2.14. The maximum Gasteiger partial charge on any atom is 0.329 e. The number of carbonyl (C=O) groups is 2. The van der Waals surface area contributed by atoms with Crippen molar-refractivity contribution in [3.63, 3.8) is 0 Å². The lowest BCUT2D eigenvalue weighted by Crippen LogP contribution is -2.45. The van der Waals surface area contributed by atoms with Gasteiger partial charge in [0, 0.05) is 6.20 Å². The summed E-state index contributed by atoms with van der Waals surface area (Å²) in [5, 5.41) is 0.475. The average Bonchev–Trinajstić information content (AvgIpc) is 2.48.